The molecule has 2 N–H and O–H groups in total. The second-order valence-corrected chi connectivity index (χ2v) is 9.64. The molecule has 0 saturated heterocycles. The number of halogens is 1. The minimum atomic E-state index is -3.64. The van der Waals surface area contributed by atoms with Crippen molar-refractivity contribution >= 4 is 21.8 Å². The summed E-state index contributed by atoms with van der Waals surface area (Å²) in [4.78, 5) is 24.3. The Hall–Kier alpha value is -2.78. The van der Waals surface area contributed by atoms with Crippen LogP contribution in [0.1, 0.15) is 48.0 Å². The van der Waals surface area contributed by atoms with E-state index in [1.807, 2.05) is 0 Å². The average molecular weight is 448 g/mol. The van der Waals surface area contributed by atoms with Crippen molar-refractivity contribution in [2.75, 3.05) is 7.05 Å². The van der Waals surface area contributed by atoms with Gasteiger partial charge in [0.15, 0.2) is 0 Å². The van der Waals surface area contributed by atoms with E-state index in [-0.39, 0.29) is 22.9 Å². The van der Waals surface area contributed by atoms with Gasteiger partial charge in [0.05, 0.1) is 11.3 Å². The molecule has 2 amide bonds. The van der Waals surface area contributed by atoms with Crippen LogP contribution in [-0.2, 0) is 21.2 Å². The van der Waals surface area contributed by atoms with Crippen molar-refractivity contribution in [3.8, 4) is 0 Å². The minimum absolute atomic E-state index is 0.00181. The van der Waals surface area contributed by atoms with Crippen LogP contribution >= 0.6 is 0 Å². The van der Waals surface area contributed by atoms with Crippen LogP contribution in [0.2, 0.25) is 0 Å². The summed E-state index contributed by atoms with van der Waals surface area (Å²) in [7, 11) is -2.04. The van der Waals surface area contributed by atoms with Gasteiger partial charge in [-0.15, -0.1) is 0 Å². The maximum atomic E-state index is 12.9. The summed E-state index contributed by atoms with van der Waals surface area (Å²) in [5.41, 5.74) is 5.39. The third kappa shape index (κ3) is 5.89. The number of hydrazine groups is 1. The van der Waals surface area contributed by atoms with Crippen molar-refractivity contribution in [3.63, 3.8) is 0 Å². The van der Waals surface area contributed by atoms with Crippen LogP contribution in [0.3, 0.4) is 0 Å². The first-order chi connectivity index (χ1) is 14.8. The third-order valence-corrected chi connectivity index (χ3v) is 7.40. The third-order valence-electron chi connectivity index (χ3n) is 5.48. The molecule has 0 radical (unpaired) electrons. The first-order valence-corrected chi connectivity index (χ1v) is 11.6. The van der Waals surface area contributed by atoms with Gasteiger partial charge in [0.2, 0.25) is 15.9 Å². The summed E-state index contributed by atoms with van der Waals surface area (Å²) in [6.07, 6.45) is 4.87. The molecule has 2 aromatic carbocycles. The molecule has 0 aliphatic heterocycles. The zero-order valence-electron chi connectivity index (χ0n) is 17.3. The van der Waals surface area contributed by atoms with Gasteiger partial charge in [-0.1, -0.05) is 31.4 Å². The fraction of sp³-hybridized carbons (Fsp3) is 0.364. The number of benzene rings is 2. The zero-order chi connectivity index (χ0) is 22.4. The van der Waals surface area contributed by atoms with Crippen LogP contribution in [0.15, 0.2) is 53.4 Å². The molecule has 2 aromatic rings. The van der Waals surface area contributed by atoms with Gasteiger partial charge in [-0.3, -0.25) is 20.4 Å². The highest BCUT2D eigenvalue weighted by atomic mass is 32.2. The van der Waals surface area contributed by atoms with Crippen LogP contribution in [0.5, 0.6) is 0 Å². The van der Waals surface area contributed by atoms with Crippen molar-refractivity contribution < 1.29 is 22.4 Å². The maximum absolute atomic E-state index is 12.9. The number of carbonyl (C=O) groups excluding carboxylic acids is 2. The van der Waals surface area contributed by atoms with Gasteiger partial charge in [0, 0.05) is 18.7 Å². The average Bonchev–Trinajstić information content (AvgIpc) is 2.79. The van der Waals surface area contributed by atoms with E-state index in [4.69, 9.17) is 0 Å². The number of sulfonamides is 1. The standard InChI is InChI=1S/C22H26FN3O4S/c1-26(19-5-3-2-4-6-19)31(29,30)20-13-9-17(10-14-20)22(28)25-24-21(27)15-16-7-11-18(23)12-8-16/h7-14,19H,2-6,15H2,1H3,(H,24,27)(H,25,28). The number of rotatable bonds is 6. The van der Waals surface area contributed by atoms with Gasteiger partial charge in [-0.25, -0.2) is 12.8 Å². The van der Waals surface area contributed by atoms with E-state index >= 15 is 0 Å². The molecule has 0 spiro atoms. The lowest BCUT2D eigenvalue weighted by atomic mass is 9.96. The fourth-order valence-electron chi connectivity index (χ4n) is 3.62. The minimum Gasteiger partial charge on any atom is -0.273 e. The lowest BCUT2D eigenvalue weighted by Gasteiger charge is -2.30. The molecule has 1 aliphatic rings. The largest absolute Gasteiger partial charge is 0.273 e. The highest BCUT2D eigenvalue weighted by Gasteiger charge is 2.29. The van der Waals surface area contributed by atoms with Crippen LogP contribution in [0.25, 0.3) is 0 Å². The highest BCUT2D eigenvalue weighted by Crippen LogP contribution is 2.26. The lowest BCUT2D eigenvalue weighted by molar-refractivity contribution is -0.121. The molecular formula is C22H26FN3O4S. The van der Waals surface area contributed by atoms with E-state index < -0.39 is 27.7 Å². The monoisotopic (exact) mass is 447 g/mol. The summed E-state index contributed by atoms with van der Waals surface area (Å²) in [6, 6.07) is 11.1. The van der Waals surface area contributed by atoms with E-state index in [0.29, 0.717) is 5.56 Å². The van der Waals surface area contributed by atoms with E-state index in [0.717, 1.165) is 32.1 Å². The number of amides is 2. The Morgan fingerprint density at radius 2 is 1.58 bits per heavy atom. The van der Waals surface area contributed by atoms with Gasteiger partial charge in [0.25, 0.3) is 5.91 Å². The van der Waals surface area contributed by atoms with Crippen molar-refractivity contribution in [1.82, 2.24) is 15.2 Å². The van der Waals surface area contributed by atoms with Gasteiger partial charge in [0.1, 0.15) is 5.82 Å². The molecule has 3 rings (SSSR count). The number of hydrogen-bond donors (Lipinski definition) is 2. The summed E-state index contributed by atoms with van der Waals surface area (Å²) in [5, 5.41) is 0. The number of nitrogens with one attached hydrogen (secondary N) is 2. The Morgan fingerprint density at radius 3 is 2.19 bits per heavy atom. The van der Waals surface area contributed by atoms with Crippen LogP contribution in [-0.4, -0.2) is 37.6 Å². The molecular weight excluding hydrogens is 421 g/mol. The topological polar surface area (TPSA) is 95.6 Å². The maximum Gasteiger partial charge on any atom is 0.269 e. The molecule has 166 valence electrons. The quantitative estimate of drug-likeness (QED) is 0.666. The number of hydrogen-bond acceptors (Lipinski definition) is 4. The van der Waals surface area contributed by atoms with Crippen molar-refractivity contribution in [1.29, 1.82) is 0 Å². The van der Waals surface area contributed by atoms with E-state index in [1.165, 1.54) is 52.8 Å². The van der Waals surface area contributed by atoms with Crippen molar-refractivity contribution in [3.05, 3.63) is 65.5 Å². The molecule has 0 unspecified atom stereocenters. The Morgan fingerprint density at radius 1 is 0.968 bits per heavy atom. The van der Waals surface area contributed by atoms with Gasteiger partial charge in [-0.05, 0) is 54.8 Å². The smallest absolute Gasteiger partial charge is 0.269 e. The molecule has 1 saturated carbocycles. The van der Waals surface area contributed by atoms with E-state index in [1.54, 1.807) is 7.05 Å². The zero-order valence-corrected chi connectivity index (χ0v) is 18.1. The Labute approximate surface area is 181 Å². The SMILES string of the molecule is CN(C1CCCCC1)S(=O)(=O)c1ccc(C(=O)NNC(=O)Cc2ccc(F)cc2)cc1. The van der Waals surface area contributed by atoms with Gasteiger partial charge >= 0.3 is 0 Å². The molecule has 1 fully saturated rings. The summed E-state index contributed by atoms with van der Waals surface area (Å²) >= 11 is 0. The highest BCUT2D eigenvalue weighted by molar-refractivity contribution is 7.89. The Balaban J connectivity index is 1.56. The molecule has 0 aromatic heterocycles. The van der Waals surface area contributed by atoms with E-state index in [9.17, 15) is 22.4 Å². The molecule has 0 heterocycles. The van der Waals surface area contributed by atoms with Crippen molar-refractivity contribution in [2.45, 2.75) is 49.5 Å². The molecule has 7 nitrogen and oxygen atoms in total. The second-order valence-electron chi connectivity index (χ2n) is 7.64. The fourth-order valence-corrected chi connectivity index (χ4v) is 5.03. The van der Waals surface area contributed by atoms with Gasteiger partial charge < -0.3 is 0 Å². The van der Waals surface area contributed by atoms with Crippen LogP contribution < -0.4 is 10.9 Å². The van der Waals surface area contributed by atoms with Crippen LogP contribution in [0, 0.1) is 5.82 Å². The molecule has 9 heteroatoms. The number of nitrogens with zero attached hydrogens (tertiary/aromatic N) is 1. The predicted molar refractivity (Wildman–Crippen MR) is 114 cm³/mol. The molecule has 1 aliphatic carbocycles. The Kier molecular flexibility index (Phi) is 7.40. The van der Waals surface area contributed by atoms with Crippen LogP contribution in [0.4, 0.5) is 4.39 Å². The summed E-state index contributed by atoms with van der Waals surface area (Å²) < 4.78 is 40.1. The number of carbonyl (C=O) groups is 2. The van der Waals surface area contributed by atoms with E-state index in [2.05, 4.69) is 10.9 Å². The second kappa shape index (κ2) is 10.0. The van der Waals surface area contributed by atoms with Crippen molar-refractivity contribution in [2.24, 2.45) is 0 Å². The summed E-state index contributed by atoms with van der Waals surface area (Å²) in [5.74, 6) is -1.43. The molecule has 0 bridgehead atoms. The lowest BCUT2D eigenvalue weighted by Crippen LogP contribution is -2.42. The summed E-state index contributed by atoms with van der Waals surface area (Å²) in [6.45, 7) is 0. The Bertz CT molecular complexity index is 1020. The predicted octanol–water partition coefficient (Wildman–Crippen LogP) is 2.78. The normalized spacial score (nSPS) is 14.9. The van der Waals surface area contributed by atoms with Gasteiger partial charge in [-0.2, -0.15) is 4.31 Å². The first kappa shape index (κ1) is 22.9. The molecule has 31 heavy (non-hydrogen) atoms. The molecule has 0 atom stereocenters. The first-order valence-electron chi connectivity index (χ1n) is 10.2.